The van der Waals surface area contributed by atoms with E-state index in [-0.39, 0.29) is 16.2 Å². The number of aromatic nitrogens is 2. The van der Waals surface area contributed by atoms with Crippen LogP contribution >= 0.6 is 0 Å². The molecule has 2 heteroatoms. The van der Waals surface area contributed by atoms with Gasteiger partial charge in [0.1, 0.15) is 5.82 Å². The van der Waals surface area contributed by atoms with Gasteiger partial charge in [-0.1, -0.05) is 88.0 Å². The van der Waals surface area contributed by atoms with Gasteiger partial charge >= 0.3 is 0 Å². The molecule has 0 bridgehead atoms. The van der Waals surface area contributed by atoms with Crippen molar-refractivity contribution in [3.05, 3.63) is 17.2 Å². The van der Waals surface area contributed by atoms with Crippen molar-refractivity contribution < 1.29 is 0 Å². The average Bonchev–Trinajstić information content (AvgIpc) is 3.02. The van der Waals surface area contributed by atoms with Gasteiger partial charge in [-0.15, -0.1) is 0 Å². The zero-order valence-corrected chi connectivity index (χ0v) is 18.6. The highest BCUT2D eigenvalue weighted by Crippen LogP contribution is 2.41. The fourth-order valence-corrected chi connectivity index (χ4v) is 3.90. The van der Waals surface area contributed by atoms with Crippen LogP contribution in [-0.4, -0.2) is 9.97 Å². The molecule has 0 unspecified atom stereocenters. The summed E-state index contributed by atoms with van der Waals surface area (Å²) in [7, 11) is 0. The number of rotatable bonds is 11. The van der Waals surface area contributed by atoms with Crippen molar-refractivity contribution in [2.24, 2.45) is 0 Å². The predicted molar refractivity (Wildman–Crippen MR) is 112 cm³/mol. The number of aromatic amines is 1. The maximum absolute atomic E-state index is 5.26. The first-order valence-corrected chi connectivity index (χ1v) is 10.7. The van der Waals surface area contributed by atoms with Crippen molar-refractivity contribution in [3.8, 4) is 0 Å². The molecule has 1 aromatic heterocycles. The Bertz CT molecular complexity index is 518. The Morgan fingerprint density at radius 1 is 0.760 bits per heavy atom. The van der Waals surface area contributed by atoms with Crippen LogP contribution < -0.4 is 0 Å². The van der Waals surface area contributed by atoms with Crippen LogP contribution in [0.2, 0.25) is 0 Å². The predicted octanol–water partition coefficient (Wildman–Crippen LogP) is 7.42. The molecule has 0 aliphatic rings. The molecule has 1 rings (SSSR count). The highest BCUT2D eigenvalue weighted by atomic mass is 15.0. The fraction of sp³-hybridized carbons (Fsp3) is 0.870. The molecule has 0 aliphatic carbocycles. The van der Waals surface area contributed by atoms with Gasteiger partial charge < -0.3 is 4.98 Å². The minimum absolute atomic E-state index is 0.115. The van der Waals surface area contributed by atoms with E-state index in [0.717, 1.165) is 12.8 Å². The van der Waals surface area contributed by atoms with E-state index in [1.165, 1.54) is 55.7 Å². The number of H-pyrrole nitrogens is 1. The van der Waals surface area contributed by atoms with Gasteiger partial charge in [0.15, 0.2) is 0 Å². The highest BCUT2D eigenvalue weighted by Gasteiger charge is 2.37. The molecule has 0 fully saturated rings. The summed E-state index contributed by atoms with van der Waals surface area (Å²) in [6.45, 7) is 21.0. The highest BCUT2D eigenvalue weighted by molar-refractivity contribution is 5.31. The minimum atomic E-state index is 0.115. The number of nitrogens with one attached hydrogen (secondary N) is 1. The normalized spacial score (nSPS) is 13.5. The Kier molecular flexibility index (Phi) is 7.77. The van der Waals surface area contributed by atoms with Gasteiger partial charge in [-0.05, 0) is 25.7 Å². The molecule has 1 N–H and O–H groups in total. The quantitative estimate of drug-likeness (QED) is 0.414. The number of nitrogens with zero attached hydrogens (tertiary/aromatic N) is 1. The zero-order chi connectivity index (χ0) is 19.3. The van der Waals surface area contributed by atoms with Crippen molar-refractivity contribution in [2.75, 3.05) is 0 Å². The number of hydrogen-bond acceptors (Lipinski definition) is 1. The monoisotopic (exact) mass is 348 g/mol. The van der Waals surface area contributed by atoms with Crippen LogP contribution in [0.25, 0.3) is 0 Å². The van der Waals surface area contributed by atoms with Crippen LogP contribution in [0.4, 0.5) is 0 Å². The molecule has 1 aromatic rings. The molecule has 0 radical (unpaired) electrons. The molecule has 1 heterocycles. The standard InChI is InChI=1S/C23H44N2/c1-10-14-15-17-21(5,6)18-19(23(9,12-3)13-4)25-20(24-18)22(7,8)16-11-2/h10-17H2,1-9H3,(H,24,25). The Labute approximate surface area is 157 Å². The first kappa shape index (κ1) is 22.3. The largest absolute Gasteiger partial charge is 0.345 e. The van der Waals surface area contributed by atoms with Crippen LogP contribution in [0.3, 0.4) is 0 Å². The second-order valence-corrected chi connectivity index (χ2v) is 9.55. The summed E-state index contributed by atoms with van der Waals surface area (Å²) in [5, 5.41) is 0. The van der Waals surface area contributed by atoms with Crippen molar-refractivity contribution >= 4 is 0 Å². The number of hydrogen-bond donors (Lipinski definition) is 1. The van der Waals surface area contributed by atoms with Crippen molar-refractivity contribution in [1.82, 2.24) is 9.97 Å². The van der Waals surface area contributed by atoms with Gasteiger partial charge in [0.25, 0.3) is 0 Å². The van der Waals surface area contributed by atoms with Crippen molar-refractivity contribution in [1.29, 1.82) is 0 Å². The Morgan fingerprint density at radius 2 is 1.36 bits per heavy atom. The fourth-order valence-electron chi connectivity index (χ4n) is 3.90. The molecule has 0 saturated heterocycles. The number of imidazole rings is 1. The van der Waals surface area contributed by atoms with E-state index in [1.807, 2.05) is 0 Å². The molecular formula is C23H44N2. The molecule has 0 atom stereocenters. The lowest BCUT2D eigenvalue weighted by Crippen LogP contribution is -2.28. The van der Waals surface area contributed by atoms with Crippen LogP contribution in [0.15, 0.2) is 0 Å². The summed E-state index contributed by atoms with van der Waals surface area (Å²) < 4.78 is 0. The van der Waals surface area contributed by atoms with Gasteiger partial charge in [0.2, 0.25) is 0 Å². The molecular weight excluding hydrogens is 304 g/mol. The van der Waals surface area contributed by atoms with E-state index in [2.05, 4.69) is 67.3 Å². The van der Waals surface area contributed by atoms with Crippen LogP contribution in [0, 0.1) is 0 Å². The number of unbranched alkanes of at least 4 members (excludes halogenated alkanes) is 2. The van der Waals surface area contributed by atoms with Gasteiger partial charge in [0.05, 0.1) is 5.69 Å². The molecule has 25 heavy (non-hydrogen) atoms. The maximum Gasteiger partial charge on any atom is 0.112 e. The Hall–Kier alpha value is -0.790. The van der Waals surface area contributed by atoms with Gasteiger partial charge in [0, 0.05) is 21.9 Å². The van der Waals surface area contributed by atoms with E-state index in [0.29, 0.717) is 0 Å². The first-order valence-electron chi connectivity index (χ1n) is 10.7. The van der Waals surface area contributed by atoms with E-state index in [1.54, 1.807) is 0 Å². The van der Waals surface area contributed by atoms with Crippen molar-refractivity contribution in [2.45, 2.75) is 130 Å². The summed E-state index contributed by atoms with van der Waals surface area (Å²) in [5.41, 5.74) is 3.16. The topological polar surface area (TPSA) is 28.7 Å². The summed E-state index contributed by atoms with van der Waals surface area (Å²) >= 11 is 0. The summed E-state index contributed by atoms with van der Waals surface area (Å²) in [6.07, 6.45) is 9.76. The SMILES string of the molecule is CCCCCC(C)(C)c1nc(C(C)(C)CCC)[nH]c1C(C)(CC)CC. The average molecular weight is 349 g/mol. The third kappa shape index (κ3) is 5.11. The third-order valence-corrected chi connectivity index (χ3v) is 6.43. The first-order chi connectivity index (χ1) is 11.6. The van der Waals surface area contributed by atoms with Crippen molar-refractivity contribution in [3.63, 3.8) is 0 Å². The molecule has 2 nitrogen and oxygen atoms in total. The van der Waals surface area contributed by atoms with E-state index in [4.69, 9.17) is 4.98 Å². The second-order valence-electron chi connectivity index (χ2n) is 9.55. The molecule has 146 valence electrons. The van der Waals surface area contributed by atoms with Gasteiger partial charge in [-0.3, -0.25) is 0 Å². The molecule has 0 aromatic carbocycles. The lowest BCUT2D eigenvalue weighted by atomic mass is 9.74. The summed E-state index contributed by atoms with van der Waals surface area (Å²) in [6, 6.07) is 0. The van der Waals surface area contributed by atoms with E-state index in [9.17, 15) is 0 Å². The Morgan fingerprint density at radius 3 is 1.84 bits per heavy atom. The molecule has 0 amide bonds. The lowest BCUT2D eigenvalue weighted by Gasteiger charge is -2.32. The van der Waals surface area contributed by atoms with E-state index >= 15 is 0 Å². The Balaban J connectivity index is 3.40. The maximum atomic E-state index is 5.26. The smallest absolute Gasteiger partial charge is 0.112 e. The molecule has 0 aliphatic heterocycles. The van der Waals surface area contributed by atoms with Crippen LogP contribution in [-0.2, 0) is 16.2 Å². The lowest BCUT2D eigenvalue weighted by molar-refractivity contribution is 0.389. The second kappa shape index (κ2) is 8.73. The summed E-state index contributed by atoms with van der Waals surface area (Å²) in [5.74, 6) is 1.19. The zero-order valence-electron chi connectivity index (χ0n) is 18.6. The van der Waals surface area contributed by atoms with E-state index < -0.39 is 0 Å². The third-order valence-electron chi connectivity index (χ3n) is 6.43. The van der Waals surface area contributed by atoms with Crippen LogP contribution in [0.1, 0.15) is 131 Å². The minimum Gasteiger partial charge on any atom is -0.345 e. The summed E-state index contributed by atoms with van der Waals surface area (Å²) in [4.78, 5) is 9.09. The van der Waals surface area contributed by atoms with Crippen LogP contribution in [0.5, 0.6) is 0 Å². The van der Waals surface area contributed by atoms with Gasteiger partial charge in [-0.25, -0.2) is 4.98 Å². The molecule has 0 spiro atoms. The van der Waals surface area contributed by atoms with Gasteiger partial charge in [-0.2, -0.15) is 0 Å². The molecule has 0 saturated carbocycles.